The predicted octanol–water partition coefficient (Wildman–Crippen LogP) is 1.83. The molecule has 1 aromatic rings. The summed E-state index contributed by atoms with van der Waals surface area (Å²) in [5, 5.41) is 2.92. The number of rotatable bonds is 7. The second kappa shape index (κ2) is 7.40. The number of nitrogens with one attached hydrogen (secondary N) is 1. The summed E-state index contributed by atoms with van der Waals surface area (Å²) in [6, 6.07) is 0. The topological polar surface area (TPSA) is 68.0 Å². The number of thiazole rings is 1. The first-order valence-electron chi connectivity index (χ1n) is 5.99. The van der Waals surface area contributed by atoms with Crippen LogP contribution in [0, 0.1) is 12.8 Å². The van der Waals surface area contributed by atoms with Crippen LogP contribution < -0.4 is 11.1 Å². The molecule has 0 aromatic carbocycles. The number of aromatic nitrogens is 1. The minimum absolute atomic E-state index is 0.113. The smallest absolute Gasteiger partial charge is 0.220 e. The van der Waals surface area contributed by atoms with Crippen LogP contribution in [0.25, 0.3) is 0 Å². The van der Waals surface area contributed by atoms with Gasteiger partial charge in [0.05, 0.1) is 17.7 Å². The summed E-state index contributed by atoms with van der Waals surface area (Å²) in [6.45, 7) is 5.39. The van der Waals surface area contributed by atoms with E-state index in [2.05, 4.69) is 17.2 Å². The maximum absolute atomic E-state index is 11.6. The number of nitrogens with zero attached hydrogens (tertiary/aromatic N) is 1. The zero-order valence-corrected chi connectivity index (χ0v) is 11.3. The Bertz CT molecular complexity index is 351. The summed E-state index contributed by atoms with van der Waals surface area (Å²) in [4.78, 5) is 16.9. The number of hydrogen-bond donors (Lipinski definition) is 2. The summed E-state index contributed by atoms with van der Waals surface area (Å²) in [5.41, 5.74) is 8.28. The number of carbonyl (C=O) groups is 1. The largest absolute Gasteiger partial charge is 0.351 e. The van der Waals surface area contributed by atoms with Crippen molar-refractivity contribution in [3.63, 3.8) is 0 Å². The number of nitrogens with two attached hydrogens (primary N) is 1. The number of amides is 1. The molecule has 0 aliphatic heterocycles. The summed E-state index contributed by atoms with van der Waals surface area (Å²) < 4.78 is 0. The molecule has 3 N–H and O–H groups in total. The average Bonchev–Trinajstić information content (AvgIpc) is 2.70. The van der Waals surface area contributed by atoms with E-state index >= 15 is 0 Å². The lowest BCUT2D eigenvalue weighted by molar-refractivity contribution is -0.121. The van der Waals surface area contributed by atoms with Crippen molar-refractivity contribution in [3.8, 4) is 0 Å². The van der Waals surface area contributed by atoms with E-state index in [0.29, 0.717) is 25.4 Å². The second-order valence-corrected chi connectivity index (χ2v) is 5.30. The van der Waals surface area contributed by atoms with E-state index in [1.54, 1.807) is 16.8 Å². The minimum atomic E-state index is 0.113. The SMILES string of the molecule is Cc1ncsc1CNC(=O)CCC(C)CCN. The first-order valence-corrected chi connectivity index (χ1v) is 6.87. The molecule has 0 fully saturated rings. The highest BCUT2D eigenvalue weighted by Crippen LogP contribution is 2.12. The van der Waals surface area contributed by atoms with Crippen LogP contribution in [0.1, 0.15) is 36.8 Å². The fourth-order valence-corrected chi connectivity index (χ4v) is 2.29. The monoisotopic (exact) mass is 255 g/mol. The van der Waals surface area contributed by atoms with Gasteiger partial charge in [-0.15, -0.1) is 11.3 Å². The van der Waals surface area contributed by atoms with Crippen LogP contribution in [-0.4, -0.2) is 17.4 Å². The standard InChI is InChI=1S/C12H21N3OS/c1-9(5-6-13)3-4-12(16)14-7-11-10(2)15-8-17-11/h8-9H,3-7,13H2,1-2H3,(H,14,16). The molecule has 0 aliphatic carbocycles. The summed E-state index contributed by atoms with van der Waals surface area (Å²) in [7, 11) is 0. The van der Waals surface area contributed by atoms with E-state index in [9.17, 15) is 4.79 Å². The van der Waals surface area contributed by atoms with Crippen molar-refractivity contribution >= 4 is 17.2 Å². The average molecular weight is 255 g/mol. The molecule has 0 saturated carbocycles. The van der Waals surface area contributed by atoms with E-state index in [4.69, 9.17) is 5.73 Å². The summed E-state index contributed by atoms with van der Waals surface area (Å²) in [5.74, 6) is 0.637. The molecule has 0 aliphatic rings. The molecule has 0 saturated heterocycles. The number of aryl methyl sites for hydroxylation is 1. The van der Waals surface area contributed by atoms with Crippen LogP contribution in [0.3, 0.4) is 0 Å². The molecule has 1 atom stereocenters. The fourth-order valence-electron chi connectivity index (χ4n) is 1.57. The zero-order valence-electron chi connectivity index (χ0n) is 10.5. The van der Waals surface area contributed by atoms with Crippen molar-refractivity contribution in [1.82, 2.24) is 10.3 Å². The van der Waals surface area contributed by atoms with E-state index in [1.165, 1.54) is 0 Å². The minimum Gasteiger partial charge on any atom is -0.351 e. The van der Waals surface area contributed by atoms with E-state index < -0.39 is 0 Å². The molecule has 0 bridgehead atoms. The molecule has 4 nitrogen and oxygen atoms in total. The highest BCUT2D eigenvalue weighted by atomic mass is 32.1. The van der Waals surface area contributed by atoms with E-state index in [-0.39, 0.29) is 5.91 Å². The van der Waals surface area contributed by atoms with E-state index in [1.807, 2.05) is 6.92 Å². The Hall–Kier alpha value is -0.940. The van der Waals surface area contributed by atoms with Gasteiger partial charge < -0.3 is 11.1 Å². The Morgan fingerprint density at radius 2 is 2.35 bits per heavy atom. The Balaban J connectivity index is 2.20. The van der Waals surface area contributed by atoms with Gasteiger partial charge in [-0.2, -0.15) is 0 Å². The molecule has 1 aromatic heterocycles. The van der Waals surface area contributed by atoms with Gasteiger partial charge in [0.2, 0.25) is 5.91 Å². The maximum atomic E-state index is 11.6. The normalized spacial score (nSPS) is 12.4. The Labute approximate surface area is 107 Å². The third kappa shape index (κ3) is 5.28. The molecular formula is C12H21N3OS. The van der Waals surface area contributed by atoms with Crippen LogP contribution in [-0.2, 0) is 11.3 Å². The van der Waals surface area contributed by atoms with Crippen molar-refractivity contribution in [1.29, 1.82) is 0 Å². The first-order chi connectivity index (χ1) is 8.13. The van der Waals surface area contributed by atoms with Gasteiger partial charge >= 0.3 is 0 Å². The molecule has 1 amide bonds. The van der Waals surface area contributed by atoms with E-state index in [0.717, 1.165) is 23.4 Å². The second-order valence-electron chi connectivity index (χ2n) is 4.36. The third-order valence-corrected chi connectivity index (χ3v) is 3.75. The molecule has 1 heterocycles. The molecule has 1 rings (SSSR count). The molecule has 5 heteroatoms. The predicted molar refractivity (Wildman–Crippen MR) is 70.8 cm³/mol. The van der Waals surface area contributed by atoms with Crippen LogP contribution in [0.15, 0.2) is 5.51 Å². The molecule has 0 spiro atoms. The number of carbonyl (C=O) groups excluding carboxylic acids is 1. The van der Waals surface area contributed by atoms with Gasteiger partial charge in [-0.3, -0.25) is 4.79 Å². The lowest BCUT2D eigenvalue weighted by Gasteiger charge is -2.09. The van der Waals surface area contributed by atoms with Gasteiger partial charge in [0.25, 0.3) is 0 Å². The Kier molecular flexibility index (Phi) is 6.15. The van der Waals surface area contributed by atoms with Gasteiger partial charge in [-0.25, -0.2) is 4.98 Å². The van der Waals surface area contributed by atoms with Gasteiger partial charge in [0.1, 0.15) is 0 Å². The van der Waals surface area contributed by atoms with Gasteiger partial charge in [0.15, 0.2) is 0 Å². The van der Waals surface area contributed by atoms with Gasteiger partial charge in [-0.1, -0.05) is 6.92 Å². The third-order valence-electron chi connectivity index (χ3n) is 2.81. The van der Waals surface area contributed by atoms with Crippen molar-refractivity contribution in [3.05, 3.63) is 16.1 Å². The zero-order chi connectivity index (χ0) is 12.7. The van der Waals surface area contributed by atoms with Crippen LogP contribution in [0.5, 0.6) is 0 Å². The van der Waals surface area contributed by atoms with Gasteiger partial charge in [0, 0.05) is 11.3 Å². The lowest BCUT2D eigenvalue weighted by atomic mass is 10.0. The molecule has 1 unspecified atom stereocenters. The highest BCUT2D eigenvalue weighted by molar-refractivity contribution is 7.09. The van der Waals surface area contributed by atoms with Gasteiger partial charge in [-0.05, 0) is 32.2 Å². The van der Waals surface area contributed by atoms with Crippen molar-refractivity contribution in [2.24, 2.45) is 11.7 Å². The van der Waals surface area contributed by atoms with Crippen molar-refractivity contribution in [2.45, 2.75) is 39.7 Å². The maximum Gasteiger partial charge on any atom is 0.220 e. The number of hydrogen-bond acceptors (Lipinski definition) is 4. The highest BCUT2D eigenvalue weighted by Gasteiger charge is 2.07. The lowest BCUT2D eigenvalue weighted by Crippen LogP contribution is -2.23. The fraction of sp³-hybridized carbons (Fsp3) is 0.667. The van der Waals surface area contributed by atoms with Crippen LogP contribution >= 0.6 is 11.3 Å². The van der Waals surface area contributed by atoms with Crippen LogP contribution in [0.2, 0.25) is 0 Å². The molecular weight excluding hydrogens is 234 g/mol. The quantitative estimate of drug-likeness (QED) is 0.781. The first kappa shape index (κ1) is 14.1. The molecule has 0 radical (unpaired) electrons. The Morgan fingerprint density at radius 1 is 1.59 bits per heavy atom. The van der Waals surface area contributed by atoms with Crippen molar-refractivity contribution in [2.75, 3.05) is 6.54 Å². The summed E-state index contributed by atoms with van der Waals surface area (Å²) in [6.07, 6.45) is 2.48. The Morgan fingerprint density at radius 3 is 2.94 bits per heavy atom. The van der Waals surface area contributed by atoms with Crippen molar-refractivity contribution < 1.29 is 4.79 Å². The molecule has 96 valence electrons. The molecule has 17 heavy (non-hydrogen) atoms. The van der Waals surface area contributed by atoms with Crippen LogP contribution in [0.4, 0.5) is 0 Å². The summed E-state index contributed by atoms with van der Waals surface area (Å²) >= 11 is 1.58.